The third-order valence-electron chi connectivity index (χ3n) is 3.84. The smallest absolute Gasteiger partial charge is 0.305 e. The van der Waals surface area contributed by atoms with Gasteiger partial charge in [0.15, 0.2) is 0 Å². The number of carboxylic acid groups (broad SMARTS) is 1. The summed E-state index contributed by atoms with van der Waals surface area (Å²) in [4.78, 5) is 23.4. The molecule has 1 rings (SSSR count). The first-order valence-electron chi connectivity index (χ1n) is 7.21. The van der Waals surface area contributed by atoms with E-state index in [1.54, 1.807) is 13.2 Å². The van der Waals surface area contributed by atoms with Crippen molar-refractivity contribution in [2.24, 2.45) is 0 Å². The molecule has 122 valence electrons. The standard InChI is InChI=1S/C16H22BrNO4/c1-4-16(5-2,10-15(20)21)18-14(19)9-11-8-12(17)6-7-13(11)22-3/h6-8H,4-5,9-10H2,1-3H3,(H,18,19)(H,20,21). The van der Waals surface area contributed by atoms with Crippen LogP contribution < -0.4 is 10.1 Å². The number of carbonyl (C=O) groups is 2. The predicted molar refractivity (Wildman–Crippen MR) is 88.1 cm³/mol. The van der Waals surface area contributed by atoms with E-state index in [9.17, 15) is 9.59 Å². The first-order chi connectivity index (χ1) is 10.4. The van der Waals surface area contributed by atoms with Gasteiger partial charge in [0.2, 0.25) is 5.91 Å². The number of hydrogen-bond acceptors (Lipinski definition) is 3. The first kappa shape index (κ1) is 18.5. The number of aliphatic carboxylic acids is 1. The average molecular weight is 372 g/mol. The number of halogens is 1. The molecule has 0 aliphatic heterocycles. The molecule has 0 radical (unpaired) electrons. The minimum Gasteiger partial charge on any atom is -0.496 e. The highest BCUT2D eigenvalue weighted by Crippen LogP contribution is 2.25. The third kappa shape index (κ3) is 5.02. The summed E-state index contributed by atoms with van der Waals surface area (Å²) < 4.78 is 6.11. The summed E-state index contributed by atoms with van der Waals surface area (Å²) in [7, 11) is 1.55. The van der Waals surface area contributed by atoms with Gasteiger partial charge < -0.3 is 15.2 Å². The zero-order valence-corrected chi connectivity index (χ0v) is 14.7. The Morgan fingerprint density at radius 1 is 1.32 bits per heavy atom. The summed E-state index contributed by atoms with van der Waals surface area (Å²) in [5.74, 6) is -0.486. The molecule has 0 unspecified atom stereocenters. The Balaban J connectivity index is 2.88. The molecule has 0 spiro atoms. The number of ether oxygens (including phenoxy) is 1. The van der Waals surface area contributed by atoms with Gasteiger partial charge in [-0.3, -0.25) is 9.59 Å². The fraction of sp³-hybridized carbons (Fsp3) is 0.500. The van der Waals surface area contributed by atoms with E-state index in [1.165, 1.54) is 0 Å². The van der Waals surface area contributed by atoms with Crippen molar-refractivity contribution >= 4 is 27.8 Å². The summed E-state index contributed by atoms with van der Waals surface area (Å²) in [6.07, 6.45) is 1.19. The number of benzene rings is 1. The fourth-order valence-corrected chi connectivity index (χ4v) is 2.82. The average Bonchev–Trinajstić information content (AvgIpc) is 2.46. The second kappa shape index (κ2) is 8.17. The number of amides is 1. The van der Waals surface area contributed by atoms with Gasteiger partial charge in [-0.25, -0.2) is 0 Å². The van der Waals surface area contributed by atoms with Gasteiger partial charge in [-0.15, -0.1) is 0 Å². The Kier molecular flexibility index (Phi) is 6.87. The predicted octanol–water partition coefficient (Wildman–Crippen LogP) is 3.15. The highest BCUT2D eigenvalue weighted by molar-refractivity contribution is 9.10. The summed E-state index contributed by atoms with van der Waals surface area (Å²) in [5.41, 5.74) is 0.0492. The van der Waals surface area contributed by atoms with Crippen LogP contribution in [-0.2, 0) is 16.0 Å². The Labute approximate surface area is 139 Å². The zero-order chi connectivity index (χ0) is 16.8. The number of carbonyl (C=O) groups excluding carboxylic acids is 1. The van der Waals surface area contributed by atoms with Gasteiger partial charge in [-0.1, -0.05) is 29.8 Å². The minimum atomic E-state index is -0.913. The van der Waals surface area contributed by atoms with Crippen LogP contribution in [0.2, 0.25) is 0 Å². The molecule has 0 bridgehead atoms. The molecular weight excluding hydrogens is 350 g/mol. The zero-order valence-electron chi connectivity index (χ0n) is 13.1. The number of nitrogens with one attached hydrogen (secondary N) is 1. The van der Waals surface area contributed by atoms with Crippen molar-refractivity contribution in [1.29, 1.82) is 0 Å². The second-order valence-electron chi connectivity index (χ2n) is 5.24. The fourth-order valence-electron chi connectivity index (χ4n) is 2.41. The molecule has 0 heterocycles. The van der Waals surface area contributed by atoms with E-state index in [0.717, 1.165) is 10.0 Å². The Bertz CT molecular complexity index is 541. The van der Waals surface area contributed by atoms with Crippen molar-refractivity contribution in [3.05, 3.63) is 28.2 Å². The van der Waals surface area contributed by atoms with Gasteiger partial charge >= 0.3 is 5.97 Å². The van der Waals surface area contributed by atoms with Crippen LogP contribution in [0.1, 0.15) is 38.7 Å². The monoisotopic (exact) mass is 371 g/mol. The molecule has 0 aliphatic carbocycles. The highest BCUT2D eigenvalue weighted by Gasteiger charge is 2.31. The molecule has 0 fully saturated rings. The van der Waals surface area contributed by atoms with Crippen LogP contribution in [0.3, 0.4) is 0 Å². The van der Waals surface area contributed by atoms with Crippen LogP contribution in [0.15, 0.2) is 22.7 Å². The molecule has 0 saturated heterocycles. The van der Waals surface area contributed by atoms with E-state index in [1.807, 2.05) is 26.0 Å². The van der Waals surface area contributed by atoms with Gasteiger partial charge in [0.25, 0.3) is 0 Å². The van der Waals surface area contributed by atoms with Crippen LogP contribution in [-0.4, -0.2) is 29.6 Å². The maximum atomic E-state index is 12.3. The molecule has 1 aromatic rings. The summed E-state index contributed by atoms with van der Waals surface area (Å²) in [6, 6.07) is 5.46. The number of hydrogen-bond donors (Lipinski definition) is 2. The van der Waals surface area contributed by atoms with E-state index in [2.05, 4.69) is 21.2 Å². The van der Waals surface area contributed by atoms with Gasteiger partial charge in [-0.2, -0.15) is 0 Å². The number of carboxylic acids is 1. The maximum Gasteiger partial charge on any atom is 0.305 e. The molecule has 2 N–H and O–H groups in total. The Morgan fingerprint density at radius 3 is 2.45 bits per heavy atom. The number of methoxy groups -OCH3 is 1. The summed E-state index contributed by atoms with van der Waals surface area (Å²) >= 11 is 3.37. The lowest BCUT2D eigenvalue weighted by Gasteiger charge is -2.31. The van der Waals surface area contributed by atoms with Crippen molar-refractivity contribution in [1.82, 2.24) is 5.32 Å². The van der Waals surface area contributed by atoms with E-state index < -0.39 is 11.5 Å². The molecule has 0 atom stereocenters. The van der Waals surface area contributed by atoms with Crippen molar-refractivity contribution in [2.45, 2.75) is 45.1 Å². The van der Waals surface area contributed by atoms with Gasteiger partial charge in [-0.05, 0) is 31.0 Å². The lowest BCUT2D eigenvalue weighted by Crippen LogP contribution is -2.49. The van der Waals surface area contributed by atoms with Crippen LogP contribution in [0, 0.1) is 0 Å². The molecule has 0 aromatic heterocycles. The SMILES string of the molecule is CCC(CC)(CC(=O)O)NC(=O)Cc1cc(Br)ccc1OC. The van der Waals surface area contributed by atoms with E-state index in [-0.39, 0.29) is 18.7 Å². The molecule has 0 aliphatic rings. The lowest BCUT2D eigenvalue weighted by molar-refractivity contribution is -0.139. The maximum absolute atomic E-state index is 12.3. The number of rotatable bonds is 8. The van der Waals surface area contributed by atoms with Crippen molar-refractivity contribution in [3.63, 3.8) is 0 Å². The van der Waals surface area contributed by atoms with Crippen molar-refractivity contribution in [2.75, 3.05) is 7.11 Å². The third-order valence-corrected chi connectivity index (χ3v) is 4.33. The van der Waals surface area contributed by atoms with Crippen LogP contribution >= 0.6 is 15.9 Å². The molecule has 6 heteroatoms. The lowest BCUT2D eigenvalue weighted by atomic mass is 9.88. The summed E-state index contributed by atoms with van der Waals surface area (Å²) in [6.45, 7) is 3.76. The Morgan fingerprint density at radius 2 is 1.95 bits per heavy atom. The van der Waals surface area contributed by atoms with Crippen LogP contribution in [0.5, 0.6) is 5.75 Å². The van der Waals surface area contributed by atoms with Gasteiger partial charge in [0, 0.05) is 15.6 Å². The van der Waals surface area contributed by atoms with E-state index >= 15 is 0 Å². The molecular formula is C16H22BrNO4. The van der Waals surface area contributed by atoms with Crippen molar-refractivity contribution in [3.8, 4) is 5.75 Å². The van der Waals surface area contributed by atoms with Crippen LogP contribution in [0.4, 0.5) is 0 Å². The normalized spacial score (nSPS) is 11.1. The van der Waals surface area contributed by atoms with Gasteiger partial charge in [0.1, 0.15) is 5.75 Å². The molecule has 5 nitrogen and oxygen atoms in total. The molecule has 22 heavy (non-hydrogen) atoms. The molecule has 0 saturated carbocycles. The van der Waals surface area contributed by atoms with E-state index in [4.69, 9.17) is 9.84 Å². The first-order valence-corrected chi connectivity index (χ1v) is 8.00. The second-order valence-corrected chi connectivity index (χ2v) is 6.15. The van der Waals surface area contributed by atoms with Crippen LogP contribution in [0.25, 0.3) is 0 Å². The topological polar surface area (TPSA) is 75.6 Å². The largest absolute Gasteiger partial charge is 0.496 e. The summed E-state index contributed by atoms with van der Waals surface area (Å²) in [5, 5.41) is 11.9. The minimum absolute atomic E-state index is 0.0820. The van der Waals surface area contributed by atoms with Crippen molar-refractivity contribution < 1.29 is 19.4 Å². The molecule has 1 aromatic carbocycles. The Hall–Kier alpha value is -1.56. The highest BCUT2D eigenvalue weighted by atomic mass is 79.9. The van der Waals surface area contributed by atoms with Gasteiger partial charge in [0.05, 0.1) is 20.0 Å². The quantitative estimate of drug-likeness (QED) is 0.735. The molecule has 1 amide bonds. The van der Waals surface area contributed by atoms with E-state index in [0.29, 0.717) is 18.6 Å².